The molecular weight excluding hydrogens is 1130 g/mol. The van der Waals surface area contributed by atoms with Gasteiger partial charge in [0.2, 0.25) is 29.4 Å². The van der Waals surface area contributed by atoms with Gasteiger partial charge in [0.1, 0.15) is 48.7 Å². The second kappa shape index (κ2) is 30.9. The van der Waals surface area contributed by atoms with E-state index in [2.05, 4.69) is 5.32 Å². The number of cyclic esters (lactones) is 2. The summed E-state index contributed by atoms with van der Waals surface area (Å²) in [6.07, 6.45) is 4.67. The van der Waals surface area contributed by atoms with Crippen molar-refractivity contribution in [3.63, 3.8) is 0 Å². The number of benzene rings is 3. The van der Waals surface area contributed by atoms with Crippen LogP contribution in [0.25, 0.3) is 0 Å². The first-order valence-electron chi connectivity index (χ1n) is 30.1. The summed E-state index contributed by atoms with van der Waals surface area (Å²) in [4.78, 5) is 136. The number of nitrogens with one attached hydrogen (secondary N) is 1. The summed E-state index contributed by atoms with van der Waals surface area (Å²) in [7, 11) is 7.50. The fourth-order valence-corrected chi connectivity index (χ4v) is 10.5. The maximum absolute atomic E-state index is 15.2. The first kappa shape index (κ1) is 69.3. The maximum atomic E-state index is 15.2. The van der Waals surface area contributed by atoms with Crippen molar-refractivity contribution >= 4 is 53.2 Å². The molecule has 480 valence electrons. The van der Waals surface area contributed by atoms with Gasteiger partial charge in [-0.15, -0.1) is 0 Å². The summed E-state index contributed by atoms with van der Waals surface area (Å²) in [6.45, 7) is 12.6. The Morgan fingerprint density at radius 2 is 1.30 bits per heavy atom. The zero-order valence-corrected chi connectivity index (χ0v) is 53.4. The van der Waals surface area contributed by atoms with Crippen molar-refractivity contribution in [3.05, 3.63) is 102 Å². The summed E-state index contributed by atoms with van der Waals surface area (Å²) in [5.41, 5.74) is -1.36. The Morgan fingerprint density at radius 1 is 0.648 bits per heavy atom. The fraction of sp³-hybridized carbons (Fsp3) is 0.561. The van der Waals surface area contributed by atoms with E-state index in [1.54, 1.807) is 88.5 Å². The second-order valence-electron chi connectivity index (χ2n) is 25.2. The molecule has 0 saturated carbocycles. The van der Waals surface area contributed by atoms with Crippen LogP contribution in [0.1, 0.15) is 129 Å². The standard InChI is InChI=1S/C66H90N6O16/c1-64(2,3)86-39-49-58(76)67-56(44-23-15-14-16-24-44)61(79)70(11)50(40-87-65(4,5)6)60(78)71-36-22-28-47(71)59(77)68(9)34-19-18-29-55(74)85-42-66(7,8)57(75)62(80)72-35-20-17-27-48(72)63(81)88-51(32-30-43-31-33-52(82-12)53(37-43)83-13)45-25-21-26-46(38-45)84-41-54(73)69(49)10/h14-16,18,21,23-26,29,31,33,37-38,47-51,56H,17,19-20,22,27-28,30,32,34-36,39-42H2,1-13H3,(H,67,76)/b29-18-/t47-,48-,49-,50-,51+,56?/m0/s1. The highest BCUT2D eigenvalue weighted by molar-refractivity contribution is 6.38. The first-order valence-corrected chi connectivity index (χ1v) is 30.1. The van der Waals surface area contributed by atoms with Crippen LogP contribution in [-0.2, 0) is 68.5 Å². The van der Waals surface area contributed by atoms with Crippen LogP contribution >= 0.6 is 0 Å². The number of aryl methyl sites for hydroxylation is 1. The van der Waals surface area contributed by atoms with Gasteiger partial charge in [-0.1, -0.05) is 54.6 Å². The van der Waals surface area contributed by atoms with Gasteiger partial charge < -0.3 is 63.0 Å². The molecule has 6 atom stereocenters. The van der Waals surface area contributed by atoms with Gasteiger partial charge in [-0.2, -0.15) is 0 Å². The minimum Gasteiger partial charge on any atom is -0.493 e. The Hall–Kier alpha value is -7.85. The molecule has 3 aliphatic rings. The van der Waals surface area contributed by atoms with Crippen LogP contribution in [0.15, 0.2) is 84.9 Å². The van der Waals surface area contributed by atoms with Crippen LogP contribution in [0.4, 0.5) is 0 Å². The Balaban J connectivity index is 1.37. The third kappa shape index (κ3) is 18.8. The highest BCUT2D eigenvalue weighted by Gasteiger charge is 2.45. The number of rotatable bonds is 10. The number of ketones is 1. The number of carbonyl (C=O) groups is 9. The second-order valence-corrected chi connectivity index (χ2v) is 25.2. The lowest BCUT2D eigenvalue weighted by Crippen LogP contribution is -2.58. The summed E-state index contributed by atoms with van der Waals surface area (Å²) in [5.74, 6) is -5.08. The van der Waals surface area contributed by atoms with Crippen molar-refractivity contribution < 1.29 is 76.3 Å². The number of esters is 2. The molecule has 1 unspecified atom stereocenters. The molecule has 3 aromatic carbocycles. The van der Waals surface area contributed by atoms with E-state index in [-0.39, 0.29) is 63.8 Å². The van der Waals surface area contributed by atoms with Crippen LogP contribution in [0.3, 0.4) is 0 Å². The van der Waals surface area contributed by atoms with Gasteiger partial charge in [0.15, 0.2) is 18.1 Å². The van der Waals surface area contributed by atoms with Crippen molar-refractivity contribution in [3.8, 4) is 17.2 Å². The molecule has 22 nitrogen and oxygen atoms in total. The average Bonchev–Trinajstić information content (AvgIpc) is 1.97. The summed E-state index contributed by atoms with van der Waals surface area (Å²) < 4.78 is 41.4. The number of carbonyl (C=O) groups excluding carboxylic acids is 9. The molecule has 3 heterocycles. The van der Waals surface area contributed by atoms with Gasteiger partial charge in [0.05, 0.1) is 44.1 Å². The summed E-state index contributed by atoms with van der Waals surface area (Å²) in [6, 6.07) is 14.5. The molecule has 2 saturated heterocycles. The maximum Gasteiger partial charge on any atom is 0.330 e. The number of ether oxygens (including phenoxy) is 7. The van der Waals surface area contributed by atoms with E-state index in [0.29, 0.717) is 54.7 Å². The molecule has 6 rings (SSSR count). The lowest BCUT2D eigenvalue weighted by Gasteiger charge is -2.37. The minimum atomic E-state index is -1.50. The van der Waals surface area contributed by atoms with Gasteiger partial charge in [-0.25, -0.2) is 9.59 Å². The molecule has 0 aliphatic carbocycles. The third-order valence-corrected chi connectivity index (χ3v) is 15.8. The first-order chi connectivity index (χ1) is 41.5. The largest absolute Gasteiger partial charge is 0.493 e. The van der Waals surface area contributed by atoms with E-state index >= 15 is 4.79 Å². The minimum absolute atomic E-state index is 0.0952. The van der Waals surface area contributed by atoms with Gasteiger partial charge in [-0.05, 0) is 148 Å². The number of likely N-dealkylation sites (N-methyl/N-ethyl adjacent to an activating group) is 3. The van der Waals surface area contributed by atoms with Crippen molar-refractivity contribution in [2.75, 3.05) is 81.4 Å². The van der Waals surface area contributed by atoms with Crippen LogP contribution in [-0.4, -0.2) is 194 Å². The third-order valence-electron chi connectivity index (χ3n) is 15.8. The molecule has 1 N–H and O–H groups in total. The van der Waals surface area contributed by atoms with E-state index < -0.39 is 113 Å². The van der Waals surface area contributed by atoms with Crippen molar-refractivity contribution in [2.45, 2.75) is 154 Å². The van der Waals surface area contributed by atoms with Crippen molar-refractivity contribution in [2.24, 2.45) is 5.41 Å². The summed E-state index contributed by atoms with van der Waals surface area (Å²) >= 11 is 0. The Kier molecular flexibility index (Phi) is 24.3. The lowest BCUT2D eigenvalue weighted by molar-refractivity contribution is -0.165. The molecule has 22 heteroatoms. The lowest BCUT2D eigenvalue weighted by atomic mass is 9.87. The van der Waals surface area contributed by atoms with E-state index in [0.717, 1.165) is 5.56 Å². The number of amides is 6. The SMILES string of the molecule is COc1ccc(CC[C@H]2OC(=O)[C@@H]3CCCCN3C(=O)C(=O)C(C)(C)COC(=O)/C=C\CCN(C)C(=O)[C@@H]3CCCN3C(=O)[C@H](COC(C)(C)C)N(C)C(=O)C(c3ccccc3)NC(=O)[C@H](COC(C)(C)C)N(C)C(=O)COc3cccc2c3)cc1OC. The van der Waals surface area contributed by atoms with Gasteiger partial charge >= 0.3 is 11.9 Å². The molecule has 0 spiro atoms. The number of piperidine rings is 1. The molecule has 88 heavy (non-hydrogen) atoms. The molecule has 2 fully saturated rings. The highest BCUT2D eigenvalue weighted by Crippen LogP contribution is 2.34. The Morgan fingerprint density at radius 3 is 1.97 bits per heavy atom. The molecular formula is C66H90N6O16. The quantitative estimate of drug-likeness (QED) is 0.171. The monoisotopic (exact) mass is 1220 g/mol. The van der Waals surface area contributed by atoms with E-state index in [1.807, 2.05) is 32.9 Å². The Bertz CT molecular complexity index is 2990. The van der Waals surface area contributed by atoms with E-state index in [1.165, 1.54) is 78.8 Å². The van der Waals surface area contributed by atoms with Crippen LogP contribution in [0.5, 0.6) is 17.2 Å². The van der Waals surface area contributed by atoms with Crippen LogP contribution in [0.2, 0.25) is 0 Å². The van der Waals surface area contributed by atoms with Crippen molar-refractivity contribution in [1.82, 2.24) is 29.8 Å². The molecule has 3 aliphatic heterocycles. The molecule has 0 aromatic heterocycles. The highest BCUT2D eigenvalue weighted by atomic mass is 16.5. The number of fused-ring (bicyclic) bond motifs is 4. The van der Waals surface area contributed by atoms with Gasteiger partial charge in [0, 0.05) is 46.9 Å². The number of Topliss-reactive ketones (excluding diaryl/α,β-unsaturated/α-hetero) is 1. The molecule has 3 aromatic rings. The van der Waals surface area contributed by atoms with Crippen molar-refractivity contribution in [1.29, 1.82) is 0 Å². The molecule has 0 radical (unpaired) electrons. The van der Waals surface area contributed by atoms with Gasteiger partial charge in [0.25, 0.3) is 11.8 Å². The smallest absolute Gasteiger partial charge is 0.330 e. The summed E-state index contributed by atoms with van der Waals surface area (Å²) in [5, 5.41) is 2.89. The topological polar surface area (TPSA) is 246 Å². The van der Waals surface area contributed by atoms with E-state index in [9.17, 15) is 38.4 Å². The normalized spacial score (nSPS) is 23.7. The van der Waals surface area contributed by atoms with E-state index in [4.69, 9.17) is 33.2 Å². The zero-order valence-electron chi connectivity index (χ0n) is 53.4. The Labute approximate surface area is 517 Å². The van der Waals surface area contributed by atoms with Crippen LogP contribution < -0.4 is 19.5 Å². The predicted octanol–water partition coefficient (Wildman–Crippen LogP) is 6.37. The van der Waals surface area contributed by atoms with Gasteiger partial charge in [-0.3, -0.25) is 33.6 Å². The average molecular weight is 1220 g/mol. The number of methoxy groups -OCH3 is 2. The predicted molar refractivity (Wildman–Crippen MR) is 326 cm³/mol. The molecule has 2 bridgehead atoms. The van der Waals surface area contributed by atoms with Crippen LogP contribution in [0, 0.1) is 5.41 Å². The molecule has 6 amide bonds. The number of hydrogen-bond acceptors (Lipinski definition) is 16. The number of nitrogens with zero attached hydrogens (tertiary/aromatic N) is 5. The fourth-order valence-electron chi connectivity index (χ4n) is 10.5. The zero-order chi connectivity index (χ0) is 64.7. The number of hydrogen-bond donors (Lipinski definition) is 1.